The van der Waals surface area contributed by atoms with E-state index in [-0.39, 0.29) is 0 Å². The van der Waals surface area contributed by atoms with Gasteiger partial charge in [-0.3, -0.25) is 0 Å². The van der Waals surface area contributed by atoms with Gasteiger partial charge in [-0.15, -0.1) is 0 Å². The van der Waals surface area contributed by atoms with Gasteiger partial charge >= 0.3 is 0 Å². The van der Waals surface area contributed by atoms with Crippen LogP contribution in [-0.4, -0.2) is 18.1 Å². The van der Waals surface area contributed by atoms with Crippen molar-refractivity contribution in [1.82, 2.24) is 4.90 Å². The molecule has 1 heterocycles. The normalized spacial score (nSPS) is 15.1. The standard InChI is InChI=1S/C13H18N2/c1-3-8-14-9-10-15(11-14)13-7-5-4-6-12(13)2/h4-7,9-10H,3,8,11H2,1-2H3. The van der Waals surface area contributed by atoms with Crippen LogP contribution in [0.3, 0.4) is 0 Å². The molecule has 0 aromatic heterocycles. The maximum Gasteiger partial charge on any atom is 0.0941 e. The molecule has 2 nitrogen and oxygen atoms in total. The molecule has 0 fully saturated rings. The second-order valence-corrected chi connectivity index (χ2v) is 4.01. The second-order valence-electron chi connectivity index (χ2n) is 4.01. The maximum absolute atomic E-state index is 2.34. The van der Waals surface area contributed by atoms with E-state index in [1.165, 1.54) is 17.7 Å². The number of aryl methyl sites for hydroxylation is 1. The van der Waals surface area contributed by atoms with Gasteiger partial charge in [0, 0.05) is 24.6 Å². The van der Waals surface area contributed by atoms with E-state index in [1.54, 1.807) is 0 Å². The molecular weight excluding hydrogens is 184 g/mol. The number of anilines is 1. The molecule has 0 unspecified atom stereocenters. The van der Waals surface area contributed by atoms with Crippen LogP contribution < -0.4 is 4.90 Å². The first-order valence-corrected chi connectivity index (χ1v) is 5.56. The van der Waals surface area contributed by atoms with Crippen LogP contribution in [0.5, 0.6) is 0 Å². The van der Waals surface area contributed by atoms with E-state index < -0.39 is 0 Å². The Bertz CT molecular complexity index is 357. The quantitative estimate of drug-likeness (QED) is 0.743. The van der Waals surface area contributed by atoms with Crippen LogP contribution in [0.15, 0.2) is 36.7 Å². The highest BCUT2D eigenvalue weighted by atomic mass is 15.3. The fraction of sp³-hybridized carbons (Fsp3) is 0.385. The van der Waals surface area contributed by atoms with Crippen molar-refractivity contribution in [1.29, 1.82) is 0 Å². The molecule has 15 heavy (non-hydrogen) atoms. The molecule has 0 atom stereocenters. The lowest BCUT2D eigenvalue weighted by atomic mass is 10.2. The van der Waals surface area contributed by atoms with Gasteiger partial charge < -0.3 is 9.80 Å². The van der Waals surface area contributed by atoms with Crippen molar-refractivity contribution in [3.05, 3.63) is 42.2 Å². The van der Waals surface area contributed by atoms with Crippen LogP contribution in [0, 0.1) is 6.92 Å². The van der Waals surface area contributed by atoms with Crippen molar-refractivity contribution in [2.75, 3.05) is 18.1 Å². The van der Waals surface area contributed by atoms with E-state index in [4.69, 9.17) is 0 Å². The predicted octanol–water partition coefficient (Wildman–Crippen LogP) is 2.96. The molecule has 0 saturated carbocycles. The number of rotatable bonds is 3. The van der Waals surface area contributed by atoms with Gasteiger partial charge in [-0.05, 0) is 25.0 Å². The van der Waals surface area contributed by atoms with Crippen LogP contribution >= 0.6 is 0 Å². The van der Waals surface area contributed by atoms with E-state index in [0.29, 0.717) is 0 Å². The van der Waals surface area contributed by atoms with Crippen molar-refractivity contribution < 1.29 is 0 Å². The van der Waals surface area contributed by atoms with Crippen LogP contribution in [0.4, 0.5) is 5.69 Å². The Balaban J connectivity index is 2.09. The van der Waals surface area contributed by atoms with Gasteiger partial charge in [-0.1, -0.05) is 25.1 Å². The number of para-hydroxylation sites is 1. The summed E-state index contributed by atoms with van der Waals surface area (Å²) >= 11 is 0. The summed E-state index contributed by atoms with van der Waals surface area (Å²) < 4.78 is 0. The summed E-state index contributed by atoms with van der Waals surface area (Å²) in [7, 11) is 0. The molecule has 0 spiro atoms. The third-order valence-electron chi connectivity index (χ3n) is 2.73. The SMILES string of the molecule is CCCN1C=CN(c2ccccc2C)C1. The highest BCUT2D eigenvalue weighted by Gasteiger charge is 2.13. The molecule has 0 amide bonds. The molecule has 1 aromatic rings. The van der Waals surface area contributed by atoms with Crippen molar-refractivity contribution >= 4 is 5.69 Å². The second kappa shape index (κ2) is 4.39. The van der Waals surface area contributed by atoms with E-state index in [9.17, 15) is 0 Å². The molecule has 0 N–H and O–H groups in total. The lowest BCUT2D eigenvalue weighted by molar-refractivity contribution is 0.406. The smallest absolute Gasteiger partial charge is 0.0941 e. The molecular formula is C13H18N2. The van der Waals surface area contributed by atoms with Crippen LogP contribution in [0.1, 0.15) is 18.9 Å². The van der Waals surface area contributed by atoms with Crippen LogP contribution in [0.2, 0.25) is 0 Å². The third kappa shape index (κ3) is 2.14. The van der Waals surface area contributed by atoms with Gasteiger partial charge in [-0.2, -0.15) is 0 Å². The molecule has 0 radical (unpaired) electrons. The Morgan fingerprint density at radius 1 is 1.20 bits per heavy atom. The third-order valence-corrected chi connectivity index (χ3v) is 2.73. The minimum absolute atomic E-state index is 0.985. The molecule has 2 rings (SSSR count). The maximum atomic E-state index is 2.34. The van der Waals surface area contributed by atoms with E-state index in [1.807, 2.05) is 0 Å². The zero-order valence-corrected chi connectivity index (χ0v) is 9.48. The predicted molar refractivity (Wildman–Crippen MR) is 64.7 cm³/mol. The molecule has 0 aliphatic carbocycles. The van der Waals surface area contributed by atoms with Crippen molar-refractivity contribution in [3.8, 4) is 0 Å². The molecule has 0 saturated heterocycles. The molecule has 1 aliphatic rings. The van der Waals surface area contributed by atoms with E-state index >= 15 is 0 Å². The summed E-state index contributed by atoms with van der Waals surface area (Å²) in [5.41, 5.74) is 2.65. The Hall–Kier alpha value is -1.44. The first-order valence-electron chi connectivity index (χ1n) is 5.56. The summed E-state index contributed by atoms with van der Waals surface area (Å²) in [5.74, 6) is 0. The summed E-state index contributed by atoms with van der Waals surface area (Å²) in [6, 6.07) is 8.52. The Morgan fingerprint density at radius 2 is 2.00 bits per heavy atom. The number of nitrogens with zero attached hydrogens (tertiary/aromatic N) is 2. The lowest BCUT2D eigenvalue weighted by Crippen LogP contribution is -2.25. The van der Waals surface area contributed by atoms with Gasteiger partial charge in [0.1, 0.15) is 0 Å². The fourth-order valence-corrected chi connectivity index (χ4v) is 1.94. The van der Waals surface area contributed by atoms with Gasteiger partial charge in [0.15, 0.2) is 0 Å². The lowest BCUT2D eigenvalue weighted by Gasteiger charge is -2.22. The summed E-state index contributed by atoms with van der Waals surface area (Å²) in [6.07, 6.45) is 5.54. The fourth-order valence-electron chi connectivity index (χ4n) is 1.94. The van der Waals surface area contributed by atoms with Crippen LogP contribution in [-0.2, 0) is 0 Å². The highest BCUT2D eigenvalue weighted by molar-refractivity contribution is 5.55. The summed E-state index contributed by atoms with van der Waals surface area (Å²) in [6.45, 7) is 6.49. The van der Waals surface area contributed by atoms with Crippen molar-refractivity contribution in [3.63, 3.8) is 0 Å². The van der Waals surface area contributed by atoms with E-state index in [0.717, 1.165) is 13.2 Å². The molecule has 1 aliphatic heterocycles. The molecule has 1 aromatic carbocycles. The molecule has 0 bridgehead atoms. The zero-order chi connectivity index (χ0) is 10.7. The number of hydrogen-bond acceptors (Lipinski definition) is 2. The monoisotopic (exact) mass is 202 g/mol. The first-order chi connectivity index (χ1) is 7.31. The average Bonchev–Trinajstić information content (AvgIpc) is 2.68. The number of hydrogen-bond donors (Lipinski definition) is 0. The Labute approximate surface area is 91.8 Å². The molecule has 2 heteroatoms. The first kappa shape index (κ1) is 10.1. The average molecular weight is 202 g/mol. The Morgan fingerprint density at radius 3 is 2.73 bits per heavy atom. The van der Waals surface area contributed by atoms with Gasteiger partial charge in [0.25, 0.3) is 0 Å². The zero-order valence-electron chi connectivity index (χ0n) is 9.48. The van der Waals surface area contributed by atoms with Crippen LogP contribution in [0.25, 0.3) is 0 Å². The highest BCUT2D eigenvalue weighted by Crippen LogP contribution is 2.22. The van der Waals surface area contributed by atoms with Crippen molar-refractivity contribution in [2.45, 2.75) is 20.3 Å². The topological polar surface area (TPSA) is 6.48 Å². The summed E-state index contributed by atoms with van der Waals surface area (Å²) in [4.78, 5) is 4.64. The van der Waals surface area contributed by atoms with Gasteiger partial charge in [0.2, 0.25) is 0 Å². The Kier molecular flexibility index (Phi) is 2.95. The van der Waals surface area contributed by atoms with Crippen molar-refractivity contribution in [2.24, 2.45) is 0 Å². The van der Waals surface area contributed by atoms with Gasteiger partial charge in [0.05, 0.1) is 6.67 Å². The minimum atomic E-state index is 0.985. The van der Waals surface area contributed by atoms with E-state index in [2.05, 4.69) is 60.3 Å². The van der Waals surface area contributed by atoms with Gasteiger partial charge in [-0.25, -0.2) is 0 Å². The largest absolute Gasteiger partial charge is 0.358 e. The molecule has 80 valence electrons. The minimum Gasteiger partial charge on any atom is -0.358 e. The number of benzene rings is 1. The summed E-state index contributed by atoms with van der Waals surface area (Å²) in [5, 5.41) is 0.